The highest BCUT2D eigenvalue weighted by molar-refractivity contribution is 5.91. The molecule has 128 valence electrons. The fraction of sp³-hybridized carbons (Fsp3) is 0.333. The first-order valence-electron chi connectivity index (χ1n) is 7.08. The molecule has 2 aromatic rings. The van der Waals surface area contributed by atoms with Gasteiger partial charge in [0.05, 0.1) is 30.9 Å². The van der Waals surface area contributed by atoms with Crippen molar-refractivity contribution in [3.8, 4) is 5.75 Å². The van der Waals surface area contributed by atoms with E-state index in [0.29, 0.717) is 16.0 Å². The Balaban J connectivity index is 2.09. The van der Waals surface area contributed by atoms with Crippen LogP contribution in [0.2, 0.25) is 0 Å². The maximum absolute atomic E-state index is 13.4. The van der Waals surface area contributed by atoms with Crippen LogP contribution in [0, 0.1) is 0 Å². The van der Waals surface area contributed by atoms with Crippen molar-refractivity contribution in [2.24, 2.45) is 0 Å². The van der Waals surface area contributed by atoms with Gasteiger partial charge in [0.1, 0.15) is 11.6 Å². The van der Waals surface area contributed by atoms with Gasteiger partial charge in [-0.1, -0.05) is 18.2 Å². The summed E-state index contributed by atoms with van der Waals surface area (Å²) < 4.78 is 46.1. The first-order valence-corrected chi connectivity index (χ1v) is 7.08. The second-order valence-electron chi connectivity index (χ2n) is 5.37. The van der Waals surface area contributed by atoms with E-state index in [0.717, 1.165) is 6.20 Å². The second-order valence-corrected chi connectivity index (χ2v) is 5.37. The number of carboxylic acids is 1. The van der Waals surface area contributed by atoms with Gasteiger partial charge in [0, 0.05) is 12.0 Å². The number of aromatic carboxylic acids is 1. The molecule has 0 saturated heterocycles. The molecule has 0 saturated carbocycles. The normalized spacial score (nSPS) is 20.2. The van der Waals surface area contributed by atoms with Crippen LogP contribution in [0.15, 0.2) is 30.5 Å². The standard InChI is InChI=1S/C15H14F3N3O3/c1-24-11-5-3-2-4-8(11)10-6-12(15(16,17)18)21-13(20-10)9(7-19-21)14(22)23/h2-5,7,10,12,20H,6H2,1H3,(H,22,23)/p-1/t10-,12+/m1/s1. The largest absolute Gasteiger partial charge is 0.545 e. The lowest BCUT2D eigenvalue weighted by Crippen LogP contribution is -2.36. The number of rotatable bonds is 3. The molecule has 24 heavy (non-hydrogen) atoms. The molecule has 0 bridgehead atoms. The van der Waals surface area contributed by atoms with Crippen LogP contribution < -0.4 is 15.2 Å². The minimum Gasteiger partial charge on any atom is -0.545 e. The molecule has 2 heterocycles. The van der Waals surface area contributed by atoms with E-state index in [9.17, 15) is 23.1 Å². The van der Waals surface area contributed by atoms with Gasteiger partial charge in [-0.3, -0.25) is 0 Å². The molecular formula is C15H13F3N3O3-. The Hall–Kier alpha value is -2.71. The van der Waals surface area contributed by atoms with E-state index in [1.54, 1.807) is 24.3 Å². The molecule has 1 aliphatic rings. The van der Waals surface area contributed by atoms with Crippen molar-refractivity contribution < 1.29 is 27.8 Å². The van der Waals surface area contributed by atoms with Gasteiger partial charge in [0.25, 0.3) is 0 Å². The Morgan fingerprint density at radius 3 is 2.75 bits per heavy atom. The first kappa shape index (κ1) is 16.2. The lowest BCUT2D eigenvalue weighted by molar-refractivity contribution is -0.255. The van der Waals surface area contributed by atoms with Crippen molar-refractivity contribution in [2.45, 2.75) is 24.7 Å². The molecule has 0 spiro atoms. The minimum absolute atomic E-state index is 0.223. The lowest BCUT2D eigenvalue weighted by Gasteiger charge is -2.34. The van der Waals surface area contributed by atoms with Crippen molar-refractivity contribution in [3.63, 3.8) is 0 Å². The van der Waals surface area contributed by atoms with Crippen LogP contribution in [0.25, 0.3) is 0 Å². The third-order valence-corrected chi connectivity index (χ3v) is 3.97. The maximum atomic E-state index is 13.4. The fourth-order valence-corrected chi connectivity index (χ4v) is 2.87. The highest BCUT2D eigenvalue weighted by Gasteiger charge is 2.47. The number of ether oxygens (including phenoxy) is 1. The van der Waals surface area contributed by atoms with Gasteiger partial charge in [0.15, 0.2) is 6.04 Å². The lowest BCUT2D eigenvalue weighted by atomic mass is 9.96. The van der Waals surface area contributed by atoms with Crippen LogP contribution in [0.3, 0.4) is 0 Å². The van der Waals surface area contributed by atoms with Crippen LogP contribution in [-0.2, 0) is 0 Å². The molecule has 0 amide bonds. The predicted octanol–water partition coefficient (Wildman–Crippen LogP) is 1.92. The molecule has 0 radical (unpaired) electrons. The third kappa shape index (κ3) is 2.66. The quantitative estimate of drug-likeness (QED) is 0.923. The number of nitrogens with one attached hydrogen (secondary N) is 1. The third-order valence-electron chi connectivity index (χ3n) is 3.97. The van der Waals surface area contributed by atoms with E-state index in [2.05, 4.69) is 10.4 Å². The number of benzene rings is 1. The minimum atomic E-state index is -4.58. The fourth-order valence-electron chi connectivity index (χ4n) is 2.87. The van der Waals surface area contributed by atoms with Gasteiger partial charge >= 0.3 is 6.18 Å². The van der Waals surface area contributed by atoms with E-state index in [1.165, 1.54) is 7.11 Å². The molecule has 0 aliphatic carbocycles. The van der Waals surface area contributed by atoms with Crippen molar-refractivity contribution >= 4 is 11.8 Å². The Kier molecular flexibility index (Phi) is 3.86. The average molecular weight is 340 g/mol. The van der Waals surface area contributed by atoms with Crippen LogP contribution in [0.1, 0.15) is 34.4 Å². The number of aromatic nitrogens is 2. The summed E-state index contributed by atoms with van der Waals surface area (Å²) in [6.45, 7) is 0. The van der Waals surface area contributed by atoms with Crippen molar-refractivity contribution in [2.75, 3.05) is 12.4 Å². The number of fused-ring (bicyclic) bond motifs is 1. The Labute approximate surface area is 134 Å². The number of carbonyl (C=O) groups excluding carboxylic acids is 1. The second kappa shape index (κ2) is 5.73. The van der Waals surface area contributed by atoms with E-state index < -0.39 is 29.8 Å². The van der Waals surface area contributed by atoms with Gasteiger partial charge in [-0.25, -0.2) is 4.68 Å². The number of halogens is 3. The van der Waals surface area contributed by atoms with Crippen LogP contribution in [0.4, 0.5) is 19.0 Å². The number of hydrogen-bond donors (Lipinski definition) is 1. The van der Waals surface area contributed by atoms with E-state index in [4.69, 9.17) is 4.74 Å². The highest BCUT2D eigenvalue weighted by atomic mass is 19.4. The van der Waals surface area contributed by atoms with E-state index in [-0.39, 0.29) is 12.2 Å². The van der Waals surface area contributed by atoms with Crippen LogP contribution >= 0.6 is 0 Å². The number of hydrogen-bond acceptors (Lipinski definition) is 5. The molecule has 1 aromatic heterocycles. The molecule has 9 heteroatoms. The highest BCUT2D eigenvalue weighted by Crippen LogP contribution is 2.45. The number of anilines is 1. The van der Waals surface area contributed by atoms with Gasteiger partial charge in [0.2, 0.25) is 0 Å². The Morgan fingerprint density at radius 1 is 1.42 bits per heavy atom. The first-order chi connectivity index (χ1) is 11.3. The molecule has 0 unspecified atom stereocenters. The zero-order chi connectivity index (χ0) is 17.5. The zero-order valence-electron chi connectivity index (χ0n) is 12.5. The monoisotopic (exact) mass is 340 g/mol. The number of alkyl halides is 3. The van der Waals surface area contributed by atoms with Crippen molar-refractivity contribution in [1.82, 2.24) is 9.78 Å². The number of para-hydroxylation sites is 1. The summed E-state index contributed by atoms with van der Waals surface area (Å²) in [5.74, 6) is -1.40. The van der Waals surface area contributed by atoms with Gasteiger partial charge < -0.3 is 20.0 Å². The van der Waals surface area contributed by atoms with Crippen molar-refractivity contribution in [1.29, 1.82) is 0 Å². The van der Waals surface area contributed by atoms with Gasteiger partial charge in [-0.15, -0.1) is 0 Å². The summed E-state index contributed by atoms with van der Waals surface area (Å²) in [6, 6.07) is 3.91. The number of carbonyl (C=O) groups is 1. The number of carboxylic acid groups (broad SMARTS) is 1. The number of methoxy groups -OCH3 is 1. The maximum Gasteiger partial charge on any atom is 0.410 e. The van der Waals surface area contributed by atoms with Crippen LogP contribution in [0.5, 0.6) is 5.75 Å². The smallest absolute Gasteiger partial charge is 0.410 e. The summed E-state index contributed by atoms with van der Waals surface area (Å²) in [5, 5.41) is 17.5. The summed E-state index contributed by atoms with van der Waals surface area (Å²) in [6.07, 6.45) is -4.06. The van der Waals surface area contributed by atoms with Gasteiger partial charge in [-0.2, -0.15) is 18.3 Å². The van der Waals surface area contributed by atoms with Gasteiger partial charge in [-0.05, 0) is 6.07 Å². The summed E-state index contributed by atoms with van der Waals surface area (Å²) in [4.78, 5) is 11.1. The zero-order valence-corrected chi connectivity index (χ0v) is 12.5. The molecule has 1 aliphatic heterocycles. The summed E-state index contributed by atoms with van der Waals surface area (Å²) >= 11 is 0. The molecule has 6 nitrogen and oxygen atoms in total. The molecule has 1 N–H and O–H groups in total. The summed E-state index contributed by atoms with van der Waals surface area (Å²) in [7, 11) is 1.42. The molecular weight excluding hydrogens is 327 g/mol. The number of nitrogens with zero attached hydrogens (tertiary/aromatic N) is 2. The topological polar surface area (TPSA) is 79.2 Å². The SMILES string of the molecule is COc1ccccc1[C@H]1C[C@@H](C(F)(F)F)n2ncc(C(=O)[O-])c2N1. The Morgan fingerprint density at radius 2 is 2.12 bits per heavy atom. The molecule has 2 atom stereocenters. The van der Waals surface area contributed by atoms with E-state index in [1.807, 2.05) is 0 Å². The molecule has 0 fully saturated rings. The van der Waals surface area contributed by atoms with Crippen molar-refractivity contribution in [3.05, 3.63) is 41.6 Å². The predicted molar refractivity (Wildman–Crippen MR) is 75.6 cm³/mol. The van der Waals surface area contributed by atoms with E-state index >= 15 is 0 Å². The molecule has 3 rings (SSSR count). The van der Waals surface area contributed by atoms with Crippen LogP contribution in [-0.4, -0.2) is 29.0 Å². The Bertz CT molecular complexity index is 773. The average Bonchev–Trinajstić information content (AvgIpc) is 2.96. The summed E-state index contributed by atoms with van der Waals surface area (Å²) in [5.41, 5.74) is 0.0924. The molecule has 1 aromatic carbocycles.